The van der Waals surface area contributed by atoms with Crippen molar-refractivity contribution < 1.29 is 19.1 Å². The number of rotatable bonds is 6. The van der Waals surface area contributed by atoms with Gasteiger partial charge in [-0.15, -0.1) is 0 Å². The summed E-state index contributed by atoms with van der Waals surface area (Å²) in [6.07, 6.45) is -0.242. The highest BCUT2D eigenvalue weighted by molar-refractivity contribution is 6.03. The summed E-state index contributed by atoms with van der Waals surface area (Å²) in [5.41, 5.74) is 0.518. The van der Waals surface area contributed by atoms with Crippen molar-refractivity contribution in [3.8, 4) is 0 Å². The molecule has 0 bridgehead atoms. The number of ketones is 1. The molecule has 1 amide bonds. The Morgan fingerprint density at radius 1 is 0.900 bits per heavy atom. The van der Waals surface area contributed by atoms with Crippen LogP contribution in [0.1, 0.15) is 48.5 Å². The standard InChI is InChI=1S/C15H25NO4/c1-8(2)13(12(7)17)16-14(18)10(5)11(6)15(19)20-9(3)4/h8-9,13H,1-7H3,(H,16,18)/b11-10+. The van der Waals surface area contributed by atoms with Gasteiger partial charge in [-0.1, -0.05) is 13.8 Å². The van der Waals surface area contributed by atoms with Gasteiger partial charge in [0.15, 0.2) is 5.78 Å². The molecule has 0 aromatic heterocycles. The van der Waals surface area contributed by atoms with E-state index < -0.39 is 17.9 Å². The quantitative estimate of drug-likeness (QED) is 0.598. The summed E-state index contributed by atoms with van der Waals surface area (Å²) in [7, 11) is 0. The van der Waals surface area contributed by atoms with E-state index in [-0.39, 0.29) is 29.0 Å². The maximum Gasteiger partial charge on any atom is 0.334 e. The van der Waals surface area contributed by atoms with Crippen molar-refractivity contribution in [2.45, 2.75) is 60.6 Å². The Balaban J connectivity index is 5.00. The molecule has 0 spiro atoms. The van der Waals surface area contributed by atoms with Gasteiger partial charge in [-0.3, -0.25) is 9.59 Å². The Kier molecular flexibility index (Phi) is 7.18. The maximum absolute atomic E-state index is 12.1. The molecule has 1 atom stereocenters. The molecule has 0 aromatic carbocycles. The summed E-state index contributed by atoms with van der Waals surface area (Å²) >= 11 is 0. The van der Waals surface area contributed by atoms with Crippen LogP contribution in [0.5, 0.6) is 0 Å². The smallest absolute Gasteiger partial charge is 0.334 e. The van der Waals surface area contributed by atoms with E-state index in [2.05, 4.69) is 5.32 Å². The van der Waals surface area contributed by atoms with Gasteiger partial charge in [0.05, 0.1) is 12.1 Å². The number of hydrogen-bond donors (Lipinski definition) is 1. The number of amides is 1. The molecule has 0 aromatic rings. The van der Waals surface area contributed by atoms with Crippen molar-refractivity contribution in [2.75, 3.05) is 0 Å². The second kappa shape index (κ2) is 7.82. The van der Waals surface area contributed by atoms with Crippen molar-refractivity contribution >= 4 is 17.7 Å². The van der Waals surface area contributed by atoms with Gasteiger partial charge in [0, 0.05) is 11.1 Å². The predicted molar refractivity (Wildman–Crippen MR) is 77.1 cm³/mol. The molecule has 0 aliphatic rings. The zero-order chi connectivity index (χ0) is 16.0. The molecule has 1 N–H and O–H groups in total. The van der Waals surface area contributed by atoms with Crippen LogP contribution in [0.25, 0.3) is 0 Å². The van der Waals surface area contributed by atoms with Gasteiger partial charge < -0.3 is 10.1 Å². The minimum absolute atomic E-state index is 0.00725. The molecular weight excluding hydrogens is 258 g/mol. The largest absolute Gasteiger partial charge is 0.460 e. The molecule has 0 rings (SSSR count). The van der Waals surface area contributed by atoms with E-state index in [1.807, 2.05) is 13.8 Å². The average molecular weight is 283 g/mol. The third-order valence-corrected chi connectivity index (χ3v) is 2.94. The zero-order valence-electron chi connectivity index (χ0n) is 13.4. The summed E-state index contributed by atoms with van der Waals surface area (Å²) in [6, 6.07) is -0.550. The van der Waals surface area contributed by atoms with E-state index in [4.69, 9.17) is 4.74 Å². The number of ether oxygens (including phenoxy) is 1. The fourth-order valence-electron chi connectivity index (χ4n) is 1.61. The van der Waals surface area contributed by atoms with Crippen molar-refractivity contribution in [1.29, 1.82) is 0 Å². The van der Waals surface area contributed by atoms with Gasteiger partial charge in [0.1, 0.15) is 0 Å². The Labute approximate surface area is 120 Å². The lowest BCUT2D eigenvalue weighted by molar-refractivity contribution is -0.142. The lowest BCUT2D eigenvalue weighted by Gasteiger charge is -2.20. The lowest BCUT2D eigenvalue weighted by Crippen LogP contribution is -2.44. The van der Waals surface area contributed by atoms with Gasteiger partial charge in [-0.2, -0.15) is 0 Å². The highest BCUT2D eigenvalue weighted by Gasteiger charge is 2.23. The molecule has 0 radical (unpaired) electrons. The molecule has 0 saturated heterocycles. The van der Waals surface area contributed by atoms with Gasteiger partial charge in [-0.25, -0.2) is 4.79 Å². The molecule has 114 valence electrons. The Hall–Kier alpha value is -1.65. The van der Waals surface area contributed by atoms with Crippen LogP contribution in [0.4, 0.5) is 0 Å². The number of esters is 1. The highest BCUT2D eigenvalue weighted by atomic mass is 16.5. The van der Waals surface area contributed by atoms with Crippen LogP contribution in [0.3, 0.4) is 0 Å². The Morgan fingerprint density at radius 3 is 1.75 bits per heavy atom. The predicted octanol–water partition coefficient (Wildman–Crippen LogP) is 2.00. The third kappa shape index (κ3) is 5.55. The maximum atomic E-state index is 12.1. The summed E-state index contributed by atoms with van der Waals surface area (Å²) in [6.45, 7) is 11.7. The first-order chi connectivity index (χ1) is 9.07. The third-order valence-electron chi connectivity index (χ3n) is 2.94. The Bertz CT molecular complexity index is 422. The number of carbonyl (C=O) groups excluding carboxylic acids is 3. The zero-order valence-corrected chi connectivity index (χ0v) is 13.4. The van der Waals surface area contributed by atoms with Crippen molar-refractivity contribution in [2.24, 2.45) is 5.92 Å². The number of nitrogens with one attached hydrogen (secondary N) is 1. The fraction of sp³-hybridized carbons (Fsp3) is 0.667. The normalized spacial score (nSPS) is 13.8. The lowest BCUT2D eigenvalue weighted by atomic mass is 10.00. The van der Waals surface area contributed by atoms with Crippen LogP contribution < -0.4 is 5.32 Å². The molecule has 1 unspecified atom stereocenters. The van der Waals surface area contributed by atoms with E-state index in [9.17, 15) is 14.4 Å². The Morgan fingerprint density at radius 2 is 1.40 bits per heavy atom. The van der Waals surface area contributed by atoms with Gasteiger partial charge in [0.2, 0.25) is 5.91 Å². The molecular formula is C15H25NO4. The molecule has 5 nitrogen and oxygen atoms in total. The first kappa shape index (κ1) is 18.4. The van der Waals surface area contributed by atoms with E-state index in [0.29, 0.717) is 0 Å². The average Bonchev–Trinajstić information content (AvgIpc) is 2.31. The van der Waals surface area contributed by atoms with Crippen molar-refractivity contribution in [3.05, 3.63) is 11.1 Å². The molecule has 0 aliphatic carbocycles. The minimum atomic E-state index is -0.550. The molecule has 0 heterocycles. The topological polar surface area (TPSA) is 72.5 Å². The summed E-state index contributed by atoms with van der Waals surface area (Å²) in [5.74, 6) is -1.05. The molecule has 20 heavy (non-hydrogen) atoms. The fourth-order valence-corrected chi connectivity index (χ4v) is 1.61. The van der Waals surface area contributed by atoms with Crippen molar-refractivity contribution in [3.63, 3.8) is 0 Å². The van der Waals surface area contributed by atoms with Crippen LogP contribution >= 0.6 is 0 Å². The molecule has 0 aliphatic heterocycles. The van der Waals surface area contributed by atoms with Crippen LogP contribution in [0.2, 0.25) is 0 Å². The highest BCUT2D eigenvalue weighted by Crippen LogP contribution is 2.10. The molecule has 0 fully saturated rings. The van der Waals surface area contributed by atoms with Crippen LogP contribution in [-0.2, 0) is 19.1 Å². The SMILES string of the molecule is CC(=O)C(NC(=O)/C(C)=C(\C)C(=O)OC(C)C)C(C)C. The van der Waals surface area contributed by atoms with Crippen LogP contribution in [-0.4, -0.2) is 29.8 Å². The number of carbonyl (C=O) groups is 3. The number of hydrogen-bond acceptors (Lipinski definition) is 4. The van der Waals surface area contributed by atoms with Gasteiger partial charge >= 0.3 is 5.97 Å². The second-order valence-corrected chi connectivity index (χ2v) is 5.51. The summed E-state index contributed by atoms with van der Waals surface area (Å²) < 4.78 is 5.04. The first-order valence-electron chi connectivity index (χ1n) is 6.77. The van der Waals surface area contributed by atoms with Gasteiger partial charge in [-0.05, 0) is 40.5 Å². The molecule has 5 heteroatoms. The van der Waals surface area contributed by atoms with E-state index in [0.717, 1.165) is 0 Å². The first-order valence-corrected chi connectivity index (χ1v) is 6.77. The minimum Gasteiger partial charge on any atom is -0.460 e. The van der Waals surface area contributed by atoms with E-state index in [1.54, 1.807) is 20.8 Å². The summed E-state index contributed by atoms with van der Waals surface area (Å²) in [5, 5.41) is 2.65. The van der Waals surface area contributed by atoms with Crippen molar-refractivity contribution in [1.82, 2.24) is 5.32 Å². The van der Waals surface area contributed by atoms with Gasteiger partial charge in [0.25, 0.3) is 0 Å². The summed E-state index contributed by atoms with van der Waals surface area (Å²) in [4.78, 5) is 35.3. The monoisotopic (exact) mass is 283 g/mol. The number of Topliss-reactive ketones (excluding diaryl/α,β-unsaturated/α-hetero) is 1. The molecule has 0 saturated carbocycles. The van der Waals surface area contributed by atoms with Crippen LogP contribution in [0.15, 0.2) is 11.1 Å². The van der Waals surface area contributed by atoms with E-state index >= 15 is 0 Å². The second-order valence-electron chi connectivity index (χ2n) is 5.51. The van der Waals surface area contributed by atoms with E-state index in [1.165, 1.54) is 13.8 Å². The van der Waals surface area contributed by atoms with Crippen LogP contribution in [0, 0.1) is 5.92 Å².